The Morgan fingerprint density at radius 2 is 1.85 bits per heavy atom. The van der Waals surface area contributed by atoms with Crippen LogP contribution in [0.5, 0.6) is 0 Å². The lowest BCUT2D eigenvalue weighted by atomic mass is 9.61. The average molecular weight is 554 g/mol. The van der Waals surface area contributed by atoms with Crippen LogP contribution >= 0.6 is 0 Å². The Balaban J connectivity index is 1.40. The highest BCUT2D eigenvalue weighted by atomic mass is 19.1. The van der Waals surface area contributed by atoms with Gasteiger partial charge in [0.05, 0.1) is 6.33 Å². The molecule has 0 spiro atoms. The number of ketones is 1. The van der Waals surface area contributed by atoms with E-state index in [0.717, 1.165) is 43.4 Å². The zero-order valence-corrected chi connectivity index (χ0v) is 23.7. The minimum absolute atomic E-state index is 0.155. The molecule has 4 rings (SSSR count). The number of H-pyrrole nitrogens is 1. The van der Waals surface area contributed by atoms with Crippen molar-refractivity contribution in [3.63, 3.8) is 0 Å². The minimum atomic E-state index is -0.786. The summed E-state index contributed by atoms with van der Waals surface area (Å²) < 4.78 is 13.5. The normalized spacial score (nSPS) is 18.2. The highest BCUT2D eigenvalue weighted by Gasteiger charge is 2.47. The molecular formula is C31H44FN5O3. The number of piperidine rings is 1. The van der Waals surface area contributed by atoms with Gasteiger partial charge in [-0.05, 0) is 68.6 Å². The van der Waals surface area contributed by atoms with Gasteiger partial charge >= 0.3 is 6.03 Å². The van der Waals surface area contributed by atoms with E-state index in [1.54, 1.807) is 24.7 Å². The summed E-state index contributed by atoms with van der Waals surface area (Å²) in [7, 11) is 0. The third kappa shape index (κ3) is 7.70. The number of nitrogens with zero attached hydrogens (tertiary/aromatic N) is 2. The van der Waals surface area contributed by atoms with Crippen molar-refractivity contribution in [2.24, 2.45) is 11.3 Å². The number of carbonyl (C=O) groups excluding carboxylic acids is 3. The van der Waals surface area contributed by atoms with Crippen LogP contribution in [-0.4, -0.2) is 58.3 Å². The molecule has 2 aromatic rings. The Bertz CT molecular complexity index is 1090. The molecule has 1 aliphatic heterocycles. The number of rotatable bonds is 12. The molecule has 1 saturated carbocycles. The fourth-order valence-corrected chi connectivity index (χ4v) is 6.56. The maximum Gasteiger partial charge on any atom is 0.315 e. The van der Waals surface area contributed by atoms with E-state index in [1.165, 1.54) is 31.4 Å². The third-order valence-corrected chi connectivity index (χ3v) is 8.81. The zero-order valence-electron chi connectivity index (χ0n) is 23.7. The lowest BCUT2D eigenvalue weighted by Crippen LogP contribution is -2.56. The van der Waals surface area contributed by atoms with E-state index in [1.807, 2.05) is 4.90 Å². The average Bonchev–Trinajstić information content (AvgIpc) is 3.50. The number of imidazole rings is 1. The van der Waals surface area contributed by atoms with Gasteiger partial charge in [-0.25, -0.2) is 14.2 Å². The first-order valence-corrected chi connectivity index (χ1v) is 15.0. The molecule has 1 atom stereocenters. The van der Waals surface area contributed by atoms with Crippen LogP contribution in [0.3, 0.4) is 0 Å². The van der Waals surface area contributed by atoms with Gasteiger partial charge in [0.25, 0.3) is 0 Å². The number of hydrogen-bond acceptors (Lipinski definition) is 4. The van der Waals surface area contributed by atoms with E-state index >= 15 is 0 Å². The fourth-order valence-electron chi connectivity index (χ4n) is 6.56. The molecule has 1 saturated heterocycles. The third-order valence-electron chi connectivity index (χ3n) is 8.81. The van der Waals surface area contributed by atoms with Crippen LogP contribution in [0.15, 0.2) is 36.8 Å². The van der Waals surface area contributed by atoms with Crippen molar-refractivity contribution >= 4 is 17.7 Å². The summed E-state index contributed by atoms with van der Waals surface area (Å²) in [6, 6.07) is 4.83. The summed E-state index contributed by atoms with van der Waals surface area (Å²) in [5.41, 5.74) is 1.43. The second-order valence-electron chi connectivity index (χ2n) is 11.5. The van der Waals surface area contributed by atoms with Gasteiger partial charge in [0.2, 0.25) is 5.91 Å². The van der Waals surface area contributed by atoms with E-state index < -0.39 is 12.1 Å². The highest BCUT2D eigenvalue weighted by Crippen LogP contribution is 2.47. The van der Waals surface area contributed by atoms with Crippen molar-refractivity contribution in [2.75, 3.05) is 19.6 Å². The maximum atomic E-state index is 13.8. The zero-order chi connectivity index (χ0) is 28.4. The molecule has 218 valence electrons. The molecule has 8 nitrogen and oxygen atoms in total. The number of aromatic nitrogens is 2. The van der Waals surface area contributed by atoms with Crippen molar-refractivity contribution in [3.05, 3.63) is 53.9 Å². The number of urea groups is 1. The molecule has 1 aliphatic carbocycles. The van der Waals surface area contributed by atoms with Gasteiger partial charge in [0.15, 0.2) is 0 Å². The van der Waals surface area contributed by atoms with E-state index in [2.05, 4.69) is 27.5 Å². The largest absolute Gasteiger partial charge is 0.348 e. The van der Waals surface area contributed by atoms with Gasteiger partial charge in [0, 0.05) is 49.8 Å². The second-order valence-corrected chi connectivity index (χ2v) is 11.5. The van der Waals surface area contributed by atoms with E-state index in [0.29, 0.717) is 50.6 Å². The second kappa shape index (κ2) is 14.4. The van der Waals surface area contributed by atoms with Gasteiger partial charge in [-0.3, -0.25) is 9.59 Å². The number of aromatic amines is 1. The Morgan fingerprint density at radius 1 is 1.12 bits per heavy atom. The molecule has 1 unspecified atom stereocenters. The Morgan fingerprint density at radius 3 is 2.50 bits per heavy atom. The van der Waals surface area contributed by atoms with E-state index in [4.69, 9.17) is 0 Å². The minimum Gasteiger partial charge on any atom is -0.348 e. The summed E-state index contributed by atoms with van der Waals surface area (Å²) in [4.78, 5) is 48.9. The lowest BCUT2D eigenvalue weighted by molar-refractivity contribution is -0.144. The molecule has 40 heavy (non-hydrogen) atoms. The van der Waals surface area contributed by atoms with Crippen molar-refractivity contribution in [3.8, 4) is 0 Å². The number of carbonyl (C=O) groups is 3. The summed E-state index contributed by atoms with van der Waals surface area (Å²) >= 11 is 0. The SMILES string of the molecule is CCCC(=O)C1(C2CCCCC2)CCN(C(=O)C(Cc2ccc(F)cc2)NC(=O)NCCCc2cnc[nH]2)CC1. The van der Waals surface area contributed by atoms with Crippen LogP contribution in [-0.2, 0) is 22.4 Å². The molecule has 2 fully saturated rings. The van der Waals surface area contributed by atoms with Crippen LogP contribution in [0, 0.1) is 17.2 Å². The van der Waals surface area contributed by atoms with Crippen LogP contribution in [0.1, 0.15) is 82.4 Å². The number of Topliss-reactive ketones (excluding diaryl/α,β-unsaturated/α-hetero) is 1. The van der Waals surface area contributed by atoms with Crippen molar-refractivity contribution < 1.29 is 18.8 Å². The van der Waals surface area contributed by atoms with Crippen molar-refractivity contribution in [1.29, 1.82) is 0 Å². The molecule has 3 N–H and O–H groups in total. The quantitative estimate of drug-likeness (QED) is 0.323. The number of amides is 3. The summed E-state index contributed by atoms with van der Waals surface area (Å²) in [6.07, 6.45) is 13.7. The summed E-state index contributed by atoms with van der Waals surface area (Å²) in [5.74, 6) is 0.265. The van der Waals surface area contributed by atoms with Crippen LogP contribution in [0.25, 0.3) is 0 Å². The molecule has 2 aliphatic rings. The Kier molecular flexibility index (Phi) is 10.7. The topological polar surface area (TPSA) is 107 Å². The smallest absolute Gasteiger partial charge is 0.315 e. The molecule has 3 amide bonds. The maximum absolute atomic E-state index is 13.8. The van der Waals surface area contributed by atoms with Gasteiger partial charge in [-0.15, -0.1) is 0 Å². The van der Waals surface area contributed by atoms with Crippen LogP contribution < -0.4 is 10.6 Å². The monoisotopic (exact) mass is 553 g/mol. The van der Waals surface area contributed by atoms with Crippen LogP contribution in [0.2, 0.25) is 0 Å². The highest BCUT2D eigenvalue weighted by molar-refractivity contribution is 5.88. The Labute approximate surface area is 236 Å². The van der Waals surface area contributed by atoms with E-state index in [-0.39, 0.29) is 23.6 Å². The van der Waals surface area contributed by atoms with Gasteiger partial charge < -0.3 is 20.5 Å². The molecule has 0 radical (unpaired) electrons. The van der Waals surface area contributed by atoms with Gasteiger partial charge in [0.1, 0.15) is 17.6 Å². The number of nitrogens with one attached hydrogen (secondary N) is 3. The first-order chi connectivity index (χ1) is 19.4. The number of halogens is 1. The van der Waals surface area contributed by atoms with Crippen molar-refractivity contribution in [2.45, 2.75) is 90.0 Å². The molecule has 2 heterocycles. The summed E-state index contributed by atoms with van der Waals surface area (Å²) in [5, 5.41) is 5.73. The molecular weight excluding hydrogens is 509 g/mol. The predicted octanol–water partition coefficient (Wildman–Crippen LogP) is 4.95. The van der Waals surface area contributed by atoms with Gasteiger partial charge in [-0.2, -0.15) is 0 Å². The molecule has 1 aromatic carbocycles. The number of hydrogen-bond donors (Lipinski definition) is 3. The Hall–Kier alpha value is -3.23. The molecule has 9 heteroatoms. The number of benzene rings is 1. The number of likely N-dealkylation sites (tertiary alicyclic amines) is 1. The molecule has 0 bridgehead atoms. The van der Waals surface area contributed by atoms with Gasteiger partial charge in [-0.1, -0.05) is 38.3 Å². The first kappa shape index (κ1) is 29.7. The van der Waals surface area contributed by atoms with Crippen LogP contribution in [0.4, 0.5) is 9.18 Å². The predicted molar refractivity (Wildman–Crippen MR) is 152 cm³/mol. The fraction of sp³-hybridized carbons (Fsp3) is 0.613. The lowest BCUT2D eigenvalue weighted by Gasteiger charge is -2.47. The number of aryl methyl sites for hydroxylation is 1. The molecule has 1 aromatic heterocycles. The summed E-state index contributed by atoms with van der Waals surface area (Å²) in [6.45, 7) is 3.53. The van der Waals surface area contributed by atoms with E-state index in [9.17, 15) is 18.8 Å². The first-order valence-electron chi connectivity index (χ1n) is 15.0. The standard InChI is InChI=1S/C31H44FN5O3/c1-2-7-28(38)31(24-8-4-3-5-9-24)15-18-37(19-16-31)29(39)27(20-23-11-13-25(32)14-12-23)36-30(40)34-17-6-10-26-21-33-22-35-26/h11-14,21-22,24,27H,2-10,15-20H2,1H3,(H,33,35)(H2,34,36,40). The van der Waals surface area contributed by atoms with Crippen molar-refractivity contribution in [1.82, 2.24) is 25.5 Å².